The van der Waals surface area contributed by atoms with E-state index in [-0.39, 0.29) is 48.1 Å². The molecule has 0 spiro atoms. The first-order valence-corrected chi connectivity index (χ1v) is 28.6. The number of carbonyl (C=O) groups is 1. The fraction of sp³-hybridized carbons (Fsp3) is 0.263. The summed E-state index contributed by atoms with van der Waals surface area (Å²) in [5.41, 5.74) is 1.98. The third kappa shape index (κ3) is 9.42. The van der Waals surface area contributed by atoms with Gasteiger partial charge >= 0.3 is 5.69 Å². The van der Waals surface area contributed by atoms with Crippen molar-refractivity contribution >= 4 is 49.9 Å². The lowest BCUT2D eigenvalue weighted by atomic mass is 9.80. The van der Waals surface area contributed by atoms with Crippen LogP contribution in [0.2, 0.25) is 12.6 Å². The Morgan fingerprint density at radius 1 is 0.767 bits per heavy atom. The number of benzene rings is 6. The van der Waals surface area contributed by atoms with E-state index in [0.717, 1.165) is 42.1 Å². The Hall–Kier alpha value is -6.81. The number of nitrogens with one attached hydrogen (secondary N) is 2. The number of fused-ring (bicyclic) bond motifs is 2. The van der Waals surface area contributed by atoms with E-state index in [1.54, 1.807) is 38.5 Å². The van der Waals surface area contributed by atoms with E-state index >= 15 is 0 Å². The maximum absolute atomic E-state index is 14.3. The average molecular weight is 1010 g/mol. The highest BCUT2D eigenvalue weighted by Crippen LogP contribution is 2.59. The summed E-state index contributed by atoms with van der Waals surface area (Å²) in [5.74, 6) is 1.21. The summed E-state index contributed by atoms with van der Waals surface area (Å²) in [4.78, 5) is 39.5. The molecule has 0 radical (unpaired) electrons. The maximum Gasteiger partial charge on any atom is 0.329 e. The SMILES string of the molecule is COc1ccc(C(OC[C@H]2O[C@@H](n3c(=O)[nH]c4c(NC(=O)c5ccccc5)ncnc43)C[C@@H]2O[P@@]2O[C@H](C[Si](C)(c3ccccc3)c3ccccc3)[C@@H]3CCCN32)(c2ccccc2)c2ccc(OC)cc2)cc1. The molecule has 1 amide bonds. The van der Waals surface area contributed by atoms with Gasteiger partial charge in [-0.15, -0.1) is 0 Å². The van der Waals surface area contributed by atoms with Crippen molar-refractivity contribution in [3.05, 3.63) is 209 Å². The second-order valence-corrected chi connectivity index (χ2v) is 24.5. The van der Waals surface area contributed by atoms with Crippen molar-refractivity contribution in [3.8, 4) is 11.5 Å². The topological polar surface area (TPSA) is 151 Å². The molecule has 14 nitrogen and oxygen atoms in total. The molecular formula is C57H57N6O8PSi. The van der Waals surface area contributed by atoms with Crippen LogP contribution >= 0.6 is 8.53 Å². The molecule has 6 aromatic carbocycles. The van der Waals surface area contributed by atoms with E-state index < -0.39 is 46.3 Å². The number of amides is 1. The third-order valence-electron chi connectivity index (χ3n) is 14.7. The Bertz CT molecular complexity index is 3120. The first-order chi connectivity index (χ1) is 35.7. The first kappa shape index (κ1) is 48.5. The van der Waals surface area contributed by atoms with Gasteiger partial charge in [0.1, 0.15) is 49.3 Å². The molecule has 6 atom stereocenters. The van der Waals surface area contributed by atoms with Crippen LogP contribution in [-0.4, -0.2) is 89.9 Å². The van der Waals surface area contributed by atoms with Crippen LogP contribution in [0, 0.1) is 0 Å². The first-order valence-electron chi connectivity index (χ1n) is 24.7. The third-order valence-corrected chi connectivity index (χ3v) is 20.9. The minimum atomic E-state index is -2.31. The molecule has 0 bridgehead atoms. The Labute approximate surface area is 426 Å². The van der Waals surface area contributed by atoms with Crippen LogP contribution in [0.3, 0.4) is 0 Å². The molecule has 3 fully saturated rings. The molecule has 8 aromatic rings. The number of carbonyl (C=O) groups excluding carboxylic acids is 1. The van der Waals surface area contributed by atoms with Gasteiger partial charge in [-0.1, -0.05) is 150 Å². The number of hydrogen-bond acceptors (Lipinski definition) is 11. The van der Waals surface area contributed by atoms with Gasteiger partial charge in [0.25, 0.3) is 14.4 Å². The zero-order valence-electron chi connectivity index (χ0n) is 40.9. The monoisotopic (exact) mass is 1010 g/mol. The molecule has 2 N–H and O–H groups in total. The van der Waals surface area contributed by atoms with Crippen molar-refractivity contribution in [1.29, 1.82) is 0 Å². The van der Waals surface area contributed by atoms with Crippen molar-refractivity contribution in [3.63, 3.8) is 0 Å². The fourth-order valence-electron chi connectivity index (χ4n) is 10.9. The van der Waals surface area contributed by atoms with E-state index in [2.05, 4.69) is 104 Å². The van der Waals surface area contributed by atoms with E-state index in [1.807, 2.05) is 72.8 Å². The van der Waals surface area contributed by atoms with Crippen molar-refractivity contribution in [2.75, 3.05) is 32.7 Å². The van der Waals surface area contributed by atoms with E-state index in [1.165, 1.54) is 21.3 Å². The Morgan fingerprint density at radius 2 is 1.34 bits per heavy atom. The van der Waals surface area contributed by atoms with Crippen LogP contribution < -0.4 is 30.9 Å². The largest absolute Gasteiger partial charge is 0.497 e. The second kappa shape index (κ2) is 21.0. The van der Waals surface area contributed by atoms with Gasteiger partial charge in [0.05, 0.1) is 33.0 Å². The molecule has 0 unspecified atom stereocenters. The molecule has 372 valence electrons. The molecule has 11 rings (SSSR count). The van der Waals surface area contributed by atoms with Gasteiger partial charge < -0.3 is 38.3 Å². The maximum atomic E-state index is 14.3. The van der Waals surface area contributed by atoms with Gasteiger partial charge in [-0.3, -0.25) is 4.79 Å². The van der Waals surface area contributed by atoms with Crippen molar-refractivity contribution in [2.24, 2.45) is 0 Å². The zero-order valence-corrected chi connectivity index (χ0v) is 42.8. The van der Waals surface area contributed by atoms with E-state index in [9.17, 15) is 9.59 Å². The minimum absolute atomic E-state index is 0.0433. The number of imidazole rings is 1. The van der Waals surface area contributed by atoms with Crippen LogP contribution in [0.4, 0.5) is 5.82 Å². The second-order valence-electron chi connectivity index (χ2n) is 18.9. The summed E-state index contributed by atoms with van der Waals surface area (Å²) in [6, 6.07) is 57.6. The standard InChI is InChI=1S/C57H57N6O8PSi/c1-66-43-30-26-41(27-31-43)57(40-19-10-5-11-20-40,42-28-32-44(67-2)33-29-42)68-36-49-48(35-51(69-49)63-54-52(60-56(63)65)53(58-38-59-54)61-55(64)39-17-8-4-9-18-39)70-72-62-34-16-25-47(62)50(71-72)37-73(3,45-21-12-6-13-22-45)46-23-14-7-15-24-46/h4-15,17-24,26-33,38,47-51H,16,25,34-37H2,1-3H3,(H,60,65)(H,58,59,61,64)/t47-,48-,49+,50+,51+,72-/m0/s1. The van der Waals surface area contributed by atoms with Gasteiger partial charge in [0.15, 0.2) is 11.5 Å². The smallest absolute Gasteiger partial charge is 0.329 e. The molecule has 5 heterocycles. The van der Waals surface area contributed by atoms with Crippen molar-refractivity contribution < 1.29 is 32.8 Å². The van der Waals surface area contributed by atoms with E-state index in [4.69, 9.17) is 28.0 Å². The number of ether oxygens (including phenoxy) is 4. The highest BCUT2D eigenvalue weighted by molar-refractivity contribution is 7.45. The van der Waals surface area contributed by atoms with Gasteiger partial charge in [-0.25, -0.2) is 24.0 Å². The van der Waals surface area contributed by atoms with E-state index in [0.29, 0.717) is 17.1 Å². The molecule has 3 saturated heterocycles. The fourth-order valence-corrected chi connectivity index (χ4v) is 16.8. The molecular weight excluding hydrogens is 956 g/mol. The van der Waals surface area contributed by atoms with Crippen LogP contribution in [-0.2, 0) is 24.1 Å². The van der Waals surface area contributed by atoms with Gasteiger partial charge in [0.2, 0.25) is 0 Å². The normalized spacial score (nSPS) is 21.0. The molecule has 2 aromatic heterocycles. The lowest BCUT2D eigenvalue weighted by Gasteiger charge is -2.37. The number of H-pyrrole nitrogens is 1. The summed E-state index contributed by atoms with van der Waals surface area (Å²) in [6.07, 6.45) is 1.43. The summed E-state index contributed by atoms with van der Waals surface area (Å²) >= 11 is 0. The van der Waals surface area contributed by atoms with Crippen LogP contribution in [0.1, 0.15) is 52.5 Å². The Balaban J connectivity index is 0.959. The Kier molecular flexibility index (Phi) is 13.9. The number of hydrogen-bond donors (Lipinski definition) is 2. The minimum Gasteiger partial charge on any atom is -0.497 e. The van der Waals surface area contributed by atoms with Crippen LogP contribution in [0.5, 0.6) is 11.5 Å². The summed E-state index contributed by atoms with van der Waals surface area (Å²) in [7, 11) is -0.579. The number of aromatic nitrogens is 4. The number of aromatic amines is 1. The quantitative estimate of drug-likeness (QED) is 0.0511. The predicted molar refractivity (Wildman–Crippen MR) is 284 cm³/mol. The number of nitrogens with zero attached hydrogens (tertiary/aromatic N) is 4. The van der Waals surface area contributed by atoms with Crippen molar-refractivity contribution in [2.45, 2.75) is 68.0 Å². The van der Waals surface area contributed by atoms with Gasteiger partial charge in [-0.05, 0) is 72.0 Å². The number of rotatable bonds is 17. The number of methoxy groups -OCH3 is 2. The number of anilines is 1. The lowest BCUT2D eigenvalue weighted by molar-refractivity contribution is -0.0911. The predicted octanol–water partition coefficient (Wildman–Crippen LogP) is 9.05. The Morgan fingerprint density at radius 3 is 1.95 bits per heavy atom. The highest BCUT2D eigenvalue weighted by Gasteiger charge is 2.53. The molecule has 0 saturated carbocycles. The summed E-state index contributed by atoms with van der Waals surface area (Å²) < 4.78 is 44.3. The lowest BCUT2D eigenvalue weighted by Crippen LogP contribution is -2.58. The summed E-state index contributed by atoms with van der Waals surface area (Å²) in [5, 5.41) is 5.59. The molecule has 0 aliphatic carbocycles. The molecule has 16 heteroatoms. The zero-order chi connectivity index (χ0) is 49.9. The average Bonchev–Trinajstić information content (AvgIpc) is 4.24. The molecule has 3 aliphatic heterocycles. The molecule has 73 heavy (non-hydrogen) atoms. The van der Waals surface area contributed by atoms with Crippen molar-refractivity contribution in [1.82, 2.24) is 24.2 Å². The van der Waals surface area contributed by atoms with Crippen LogP contribution in [0.25, 0.3) is 11.2 Å². The summed E-state index contributed by atoms with van der Waals surface area (Å²) in [6.45, 7) is 3.35. The van der Waals surface area contributed by atoms with Gasteiger partial charge in [0, 0.05) is 24.6 Å². The molecule has 3 aliphatic rings. The van der Waals surface area contributed by atoms with Crippen LogP contribution in [0.15, 0.2) is 181 Å². The highest BCUT2D eigenvalue weighted by atomic mass is 31.2. The van der Waals surface area contributed by atoms with Gasteiger partial charge in [-0.2, -0.15) is 0 Å².